The van der Waals surface area contributed by atoms with Gasteiger partial charge in [0.05, 0.1) is 5.56 Å². The summed E-state index contributed by atoms with van der Waals surface area (Å²) in [6.45, 7) is 3.35. The Hall–Kier alpha value is -1.36. The van der Waals surface area contributed by atoms with Crippen molar-refractivity contribution >= 4 is 27.8 Å². The zero-order valence-corrected chi connectivity index (χ0v) is 11.5. The first kappa shape index (κ1) is 13.7. The second-order valence-electron chi connectivity index (χ2n) is 3.91. The van der Waals surface area contributed by atoms with Crippen molar-refractivity contribution in [3.8, 4) is 0 Å². The van der Waals surface area contributed by atoms with Crippen molar-refractivity contribution < 1.29 is 14.7 Å². The monoisotopic (exact) mass is 299 g/mol. The Morgan fingerprint density at radius 2 is 2.00 bits per heavy atom. The summed E-state index contributed by atoms with van der Waals surface area (Å²) in [5, 5.41) is 8.87. The molecule has 0 bridgehead atoms. The van der Waals surface area contributed by atoms with Gasteiger partial charge in [0.1, 0.15) is 6.04 Å². The van der Waals surface area contributed by atoms with Gasteiger partial charge < -0.3 is 10.0 Å². The molecule has 0 aliphatic carbocycles. The number of hydrogen-bond acceptors (Lipinski definition) is 2. The Kier molecular flexibility index (Phi) is 4.28. The van der Waals surface area contributed by atoms with Crippen LogP contribution in [0.4, 0.5) is 0 Å². The lowest BCUT2D eigenvalue weighted by Crippen LogP contribution is -2.40. The third-order valence-electron chi connectivity index (χ3n) is 2.61. The highest BCUT2D eigenvalue weighted by Crippen LogP contribution is 2.20. The molecular weight excluding hydrogens is 286 g/mol. The number of rotatable bonds is 3. The van der Waals surface area contributed by atoms with Gasteiger partial charge in [0.2, 0.25) is 0 Å². The van der Waals surface area contributed by atoms with Gasteiger partial charge in [0, 0.05) is 11.5 Å². The molecule has 0 heterocycles. The van der Waals surface area contributed by atoms with Gasteiger partial charge in [-0.1, -0.05) is 11.6 Å². The number of halogens is 1. The number of carboxylic acid groups (broad SMARTS) is 1. The highest BCUT2D eigenvalue weighted by atomic mass is 79.9. The Morgan fingerprint density at radius 1 is 1.41 bits per heavy atom. The summed E-state index contributed by atoms with van der Waals surface area (Å²) in [5.41, 5.74) is 1.42. The van der Waals surface area contributed by atoms with Crippen LogP contribution in [-0.4, -0.2) is 35.0 Å². The van der Waals surface area contributed by atoms with Crippen molar-refractivity contribution in [2.24, 2.45) is 0 Å². The van der Waals surface area contributed by atoms with E-state index in [4.69, 9.17) is 5.11 Å². The van der Waals surface area contributed by atoms with Crippen LogP contribution in [0.15, 0.2) is 22.7 Å². The van der Waals surface area contributed by atoms with E-state index in [2.05, 4.69) is 15.9 Å². The highest BCUT2D eigenvalue weighted by molar-refractivity contribution is 9.10. The first-order chi connectivity index (χ1) is 7.84. The number of carboxylic acids is 1. The quantitative estimate of drug-likeness (QED) is 0.932. The Bertz CT molecular complexity index is 459. The summed E-state index contributed by atoms with van der Waals surface area (Å²) in [5.74, 6) is -1.33. The smallest absolute Gasteiger partial charge is 0.326 e. The lowest BCUT2D eigenvalue weighted by Gasteiger charge is -2.22. The molecule has 0 aromatic heterocycles. The van der Waals surface area contributed by atoms with Crippen LogP contribution < -0.4 is 0 Å². The molecule has 1 atom stereocenters. The maximum atomic E-state index is 12.1. The van der Waals surface area contributed by atoms with Crippen LogP contribution in [0, 0.1) is 6.92 Å². The maximum absolute atomic E-state index is 12.1. The third kappa shape index (κ3) is 3.06. The van der Waals surface area contributed by atoms with Crippen LogP contribution in [0.3, 0.4) is 0 Å². The largest absolute Gasteiger partial charge is 0.480 e. The molecule has 5 heteroatoms. The van der Waals surface area contributed by atoms with Gasteiger partial charge in [-0.2, -0.15) is 0 Å². The van der Waals surface area contributed by atoms with Crippen molar-refractivity contribution in [2.45, 2.75) is 19.9 Å². The maximum Gasteiger partial charge on any atom is 0.326 e. The van der Waals surface area contributed by atoms with Crippen molar-refractivity contribution in [2.75, 3.05) is 7.05 Å². The molecule has 0 radical (unpaired) electrons. The molecule has 0 aliphatic heterocycles. The standard InChI is InChI=1S/C12H14BrNO3/c1-7-4-5-10(13)9(6-7)11(15)14(3)8(2)12(16)17/h4-6,8H,1-3H3,(H,16,17). The number of nitrogens with zero attached hydrogens (tertiary/aromatic N) is 1. The number of carbonyl (C=O) groups is 2. The fraction of sp³-hybridized carbons (Fsp3) is 0.333. The summed E-state index contributed by atoms with van der Waals surface area (Å²) in [4.78, 5) is 24.1. The van der Waals surface area contributed by atoms with Gasteiger partial charge in [-0.05, 0) is 41.9 Å². The second-order valence-corrected chi connectivity index (χ2v) is 4.77. The minimum absolute atomic E-state index is 0.310. The van der Waals surface area contributed by atoms with Gasteiger partial charge in [-0.3, -0.25) is 4.79 Å². The molecule has 1 aromatic carbocycles. The Balaban J connectivity index is 3.04. The van der Waals surface area contributed by atoms with E-state index >= 15 is 0 Å². The fourth-order valence-corrected chi connectivity index (χ4v) is 1.75. The van der Waals surface area contributed by atoms with E-state index < -0.39 is 12.0 Å². The van der Waals surface area contributed by atoms with Crippen molar-refractivity contribution in [3.05, 3.63) is 33.8 Å². The van der Waals surface area contributed by atoms with Crippen LogP contribution in [0.25, 0.3) is 0 Å². The lowest BCUT2D eigenvalue weighted by atomic mass is 10.1. The topological polar surface area (TPSA) is 57.6 Å². The van der Waals surface area contributed by atoms with E-state index in [0.717, 1.165) is 5.56 Å². The predicted octanol–water partition coefficient (Wildman–Crippen LogP) is 2.30. The van der Waals surface area contributed by atoms with E-state index in [1.807, 2.05) is 13.0 Å². The normalized spacial score (nSPS) is 12.0. The van der Waals surface area contributed by atoms with Gasteiger partial charge in [-0.15, -0.1) is 0 Å². The minimum Gasteiger partial charge on any atom is -0.480 e. The molecule has 0 saturated carbocycles. The SMILES string of the molecule is Cc1ccc(Br)c(C(=O)N(C)C(C)C(=O)O)c1. The highest BCUT2D eigenvalue weighted by Gasteiger charge is 2.23. The van der Waals surface area contributed by atoms with Gasteiger partial charge >= 0.3 is 5.97 Å². The zero-order valence-electron chi connectivity index (χ0n) is 9.90. The number of hydrogen-bond donors (Lipinski definition) is 1. The van der Waals surface area contributed by atoms with Crippen LogP contribution in [-0.2, 0) is 4.79 Å². The van der Waals surface area contributed by atoms with Gasteiger partial charge in [0.15, 0.2) is 0 Å². The van der Waals surface area contributed by atoms with Crippen LogP contribution in [0.2, 0.25) is 0 Å². The number of likely N-dealkylation sites (N-methyl/N-ethyl adjacent to an activating group) is 1. The molecule has 0 fully saturated rings. The first-order valence-electron chi connectivity index (χ1n) is 5.10. The van der Waals surface area contributed by atoms with E-state index in [9.17, 15) is 9.59 Å². The third-order valence-corrected chi connectivity index (χ3v) is 3.30. The summed E-state index contributed by atoms with van der Waals surface area (Å²) in [6, 6.07) is 4.54. The molecule has 1 N–H and O–H groups in total. The summed E-state index contributed by atoms with van der Waals surface area (Å²) in [7, 11) is 1.48. The summed E-state index contributed by atoms with van der Waals surface area (Å²) in [6.07, 6.45) is 0. The fourth-order valence-electron chi connectivity index (χ4n) is 1.33. The van der Waals surface area contributed by atoms with E-state index in [0.29, 0.717) is 10.0 Å². The second kappa shape index (κ2) is 5.31. The van der Waals surface area contributed by atoms with Gasteiger partial charge in [0.25, 0.3) is 5.91 Å². The van der Waals surface area contributed by atoms with Crippen LogP contribution in [0.5, 0.6) is 0 Å². The number of benzene rings is 1. The summed E-state index contributed by atoms with van der Waals surface area (Å²) < 4.78 is 0.664. The molecular formula is C12H14BrNO3. The minimum atomic E-state index is -1.02. The van der Waals surface area contributed by atoms with Crippen LogP contribution >= 0.6 is 15.9 Å². The molecule has 0 spiro atoms. The first-order valence-corrected chi connectivity index (χ1v) is 5.90. The number of carbonyl (C=O) groups excluding carboxylic acids is 1. The molecule has 92 valence electrons. The number of aliphatic carboxylic acids is 1. The lowest BCUT2D eigenvalue weighted by molar-refractivity contribution is -0.141. The van der Waals surface area contributed by atoms with Crippen molar-refractivity contribution in [3.63, 3.8) is 0 Å². The molecule has 1 unspecified atom stereocenters. The summed E-state index contributed by atoms with van der Waals surface area (Å²) >= 11 is 3.29. The van der Waals surface area contributed by atoms with Crippen molar-refractivity contribution in [1.82, 2.24) is 4.90 Å². The van der Waals surface area contributed by atoms with Crippen LogP contribution in [0.1, 0.15) is 22.8 Å². The molecule has 1 rings (SSSR count). The van der Waals surface area contributed by atoms with E-state index in [-0.39, 0.29) is 5.91 Å². The Morgan fingerprint density at radius 3 is 2.53 bits per heavy atom. The molecule has 1 amide bonds. The molecule has 1 aromatic rings. The van der Waals surface area contributed by atoms with E-state index in [1.165, 1.54) is 18.9 Å². The molecule has 0 saturated heterocycles. The molecule has 17 heavy (non-hydrogen) atoms. The van der Waals surface area contributed by atoms with Gasteiger partial charge in [-0.25, -0.2) is 4.79 Å². The zero-order chi connectivity index (χ0) is 13.2. The Labute approximate surface area is 108 Å². The number of aryl methyl sites for hydroxylation is 1. The average molecular weight is 300 g/mol. The average Bonchev–Trinajstić information content (AvgIpc) is 2.29. The predicted molar refractivity (Wildman–Crippen MR) is 68.1 cm³/mol. The van der Waals surface area contributed by atoms with E-state index in [1.54, 1.807) is 12.1 Å². The molecule has 4 nitrogen and oxygen atoms in total. The molecule has 0 aliphatic rings. The number of amides is 1. The van der Waals surface area contributed by atoms with Crippen molar-refractivity contribution in [1.29, 1.82) is 0 Å².